The molecule has 2 aliphatic heterocycles. The molecule has 0 radical (unpaired) electrons. The fraction of sp³-hybridized carbons (Fsp3) is 0.400. The summed E-state index contributed by atoms with van der Waals surface area (Å²) >= 11 is 0. The van der Waals surface area contributed by atoms with Crippen LogP contribution in [0, 0.1) is 5.92 Å². The van der Waals surface area contributed by atoms with Gasteiger partial charge in [0.15, 0.2) is 0 Å². The van der Waals surface area contributed by atoms with E-state index in [1.165, 1.54) is 6.42 Å². The van der Waals surface area contributed by atoms with Gasteiger partial charge in [0.25, 0.3) is 0 Å². The van der Waals surface area contributed by atoms with Crippen LogP contribution < -0.4 is 14.5 Å². The summed E-state index contributed by atoms with van der Waals surface area (Å²) in [6, 6.07) is 10.4. The Morgan fingerprint density at radius 2 is 1.85 bits per heavy atom. The average molecular weight is 362 g/mol. The van der Waals surface area contributed by atoms with E-state index in [1.54, 1.807) is 13.4 Å². The number of benzene rings is 1. The number of para-hydroxylation sites is 2. The molecule has 0 aliphatic carbocycles. The summed E-state index contributed by atoms with van der Waals surface area (Å²) in [7, 11) is 1.63. The van der Waals surface area contributed by atoms with Crippen molar-refractivity contribution in [2.75, 3.05) is 36.5 Å². The minimum Gasteiger partial charge on any atom is -0.481 e. The minimum absolute atomic E-state index is 0.426. The van der Waals surface area contributed by atoms with Gasteiger partial charge in [0.05, 0.1) is 30.4 Å². The number of rotatable bonds is 3. The molecule has 0 saturated carbocycles. The second-order valence-electron chi connectivity index (χ2n) is 7.18. The highest BCUT2D eigenvalue weighted by Crippen LogP contribution is 2.36. The van der Waals surface area contributed by atoms with E-state index in [9.17, 15) is 0 Å². The minimum atomic E-state index is 0.426. The number of anilines is 2. The van der Waals surface area contributed by atoms with E-state index < -0.39 is 0 Å². The zero-order valence-corrected chi connectivity index (χ0v) is 15.3. The van der Waals surface area contributed by atoms with Gasteiger partial charge in [0, 0.05) is 25.7 Å². The molecule has 2 unspecified atom stereocenters. The van der Waals surface area contributed by atoms with Crippen molar-refractivity contribution in [3.05, 3.63) is 42.9 Å². The molecule has 0 bridgehead atoms. The Hall–Kier alpha value is -2.96. The monoisotopic (exact) mass is 362 g/mol. The Morgan fingerprint density at radius 3 is 2.74 bits per heavy atom. The predicted molar refractivity (Wildman–Crippen MR) is 104 cm³/mol. The first-order chi connectivity index (χ1) is 13.3. The van der Waals surface area contributed by atoms with Crippen molar-refractivity contribution < 1.29 is 4.74 Å². The molecule has 2 aliphatic rings. The molecule has 2 aromatic heterocycles. The van der Waals surface area contributed by atoms with E-state index in [0.717, 1.165) is 48.7 Å². The molecular formula is C20H22N6O. The topological polar surface area (TPSA) is 67.3 Å². The van der Waals surface area contributed by atoms with Crippen LogP contribution in [0.3, 0.4) is 0 Å². The Morgan fingerprint density at radius 1 is 1.00 bits per heavy atom. The zero-order chi connectivity index (χ0) is 18.2. The third-order valence-electron chi connectivity index (χ3n) is 5.75. The quantitative estimate of drug-likeness (QED) is 0.709. The van der Waals surface area contributed by atoms with Gasteiger partial charge < -0.3 is 14.5 Å². The SMILES string of the molecule is COc1cc(N2CCC3CCN(c4cnc5ccccc5n4)C3C2)ncn1. The molecule has 2 saturated heterocycles. The second kappa shape index (κ2) is 6.64. The highest BCUT2D eigenvalue weighted by molar-refractivity contribution is 5.75. The maximum atomic E-state index is 5.26. The molecule has 7 nitrogen and oxygen atoms in total. The van der Waals surface area contributed by atoms with Crippen LogP contribution in [0.5, 0.6) is 5.88 Å². The van der Waals surface area contributed by atoms with Gasteiger partial charge >= 0.3 is 0 Å². The number of aromatic nitrogens is 4. The van der Waals surface area contributed by atoms with E-state index in [1.807, 2.05) is 36.5 Å². The summed E-state index contributed by atoms with van der Waals surface area (Å²) in [6.07, 6.45) is 5.85. The summed E-state index contributed by atoms with van der Waals surface area (Å²) in [5, 5.41) is 0. The Kier molecular flexibility index (Phi) is 3.99. The number of hydrogen-bond donors (Lipinski definition) is 0. The number of hydrogen-bond acceptors (Lipinski definition) is 7. The number of nitrogens with zero attached hydrogens (tertiary/aromatic N) is 6. The van der Waals surface area contributed by atoms with Gasteiger partial charge in [-0.3, -0.25) is 4.98 Å². The van der Waals surface area contributed by atoms with Gasteiger partial charge in [0.2, 0.25) is 5.88 Å². The lowest BCUT2D eigenvalue weighted by Crippen LogP contribution is -2.48. The molecule has 4 heterocycles. The molecule has 3 aromatic rings. The lowest BCUT2D eigenvalue weighted by Gasteiger charge is -2.39. The van der Waals surface area contributed by atoms with Gasteiger partial charge in [-0.1, -0.05) is 12.1 Å². The van der Waals surface area contributed by atoms with Crippen LogP contribution in [-0.2, 0) is 0 Å². The smallest absolute Gasteiger partial charge is 0.218 e. The summed E-state index contributed by atoms with van der Waals surface area (Å²) in [5.74, 6) is 3.20. The van der Waals surface area contributed by atoms with E-state index in [4.69, 9.17) is 9.72 Å². The van der Waals surface area contributed by atoms with E-state index in [-0.39, 0.29) is 0 Å². The summed E-state index contributed by atoms with van der Waals surface area (Å²) in [4.78, 5) is 22.8. The standard InChI is InChI=1S/C20H22N6O/c1-27-20-10-18(22-13-23-20)25-8-6-14-7-9-26(17(14)12-25)19-11-21-15-4-2-3-5-16(15)24-19/h2-5,10-11,13-14,17H,6-9,12H2,1H3. The molecule has 0 amide bonds. The molecule has 2 atom stereocenters. The van der Waals surface area contributed by atoms with E-state index in [2.05, 4.69) is 24.8 Å². The molecule has 138 valence electrons. The molecule has 27 heavy (non-hydrogen) atoms. The maximum absolute atomic E-state index is 5.26. The number of ether oxygens (including phenoxy) is 1. The van der Waals surface area contributed by atoms with Crippen LogP contribution in [0.1, 0.15) is 12.8 Å². The van der Waals surface area contributed by atoms with E-state index >= 15 is 0 Å². The van der Waals surface area contributed by atoms with Gasteiger partial charge in [0.1, 0.15) is 18.0 Å². The van der Waals surface area contributed by atoms with Crippen molar-refractivity contribution in [3.8, 4) is 5.88 Å². The highest BCUT2D eigenvalue weighted by atomic mass is 16.5. The van der Waals surface area contributed by atoms with Gasteiger partial charge in [-0.2, -0.15) is 0 Å². The predicted octanol–water partition coefficient (Wildman–Crippen LogP) is 2.53. The normalized spacial score (nSPS) is 22.1. The molecule has 0 spiro atoms. The van der Waals surface area contributed by atoms with Crippen molar-refractivity contribution in [1.29, 1.82) is 0 Å². The van der Waals surface area contributed by atoms with Crippen LogP contribution in [-0.4, -0.2) is 52.7 Å². The largest absolute Gasteiger partial charge is 0.481 e. The molecule has 7 heteroatoms. The van der Waals surface area contributed by atoms with E-state index in [0.29, 0.717) is 17.8 Å². The lowest BCUT2D eigenvalue weighted by molar-refractivity contribution is 0.383. The van der Waals surface area contributed by atoms with Crippen molar-refractivity contribution in [2.45, 2.75) is 18.9 Å². The first kappa shape index (κ1) is 16.2. The number of piperidine rings is 1. The Labute approximate surface area is 158 Å². The average Bonchev–Trinajstić information content (AvgIpc) is 3.16. The third kappa shape index (κ3) is 2.93. The van der Waals surface area contributed by atoms with Crippen LogP contribution in [0.2, 0.25) is 0 Å². The van der Waals surface area contributed by atoms with Gasteiger partial charge in [-0.05, 0) is 30.9 Å². The van der Waals surface area contributed by atoms with Gasteiger partial charge in [-0.25, -0.2) is 15.0 Å². The molecular weight excluding hydrogens is 340 g/mol. The summed E-state index contributed by atoms with van der Waals surface area (Å²) in [5.41, 5.74) is 1.89. The van der Waals surface area contributed by atoms with Crippen LogP contribution in [0.4, 0.5) is 11.6 Å². The van der Waals surface area contributed by atoms with Crippen molar-refractivity contribution in [3.63, 3.8) is 0 Å². The van der Waals surface area contributed by atoms with Crippen LogP contribution in [0.15, 0.2) is 42.9 Å². The number of fused-ring (bicyclic) bond motifs is 2. The molecule has 2 fully saturated rings. The summed E-state index contributed by atoms with van der Waals surface area (Å²) < 4.78 is 5.26. The summed E-state index contributed by atoms with van der Waals surface area (Å²) in [6.45, 7) is 2.97. The first-order valence-electron chi connectivity index (χ1n) is 9.41. The fourth-order valence-electron chi connectivity index (χ4n) is 4.33. The van der Waals surface area contributed by atoms with Crippen LogP contribution in [0.25, 0.3) is 11.0 Å². The Balaban J connectivity index is 1.42. The molecule has 0 N–H and O–H groups in total. The van der Waals surface area contributed by atoms with Crippen molar-refractivity contribution in [1.82, 2.24) is 19.9 Å². The zero-order valence-electron chi connectivity index (χ0n) is 15.3. The van der Waals surface area contributed by atoms with Crippen LogP contribution >= 0.6 is 0 Å². The first-order valence-corrected chi connectivity index (χ1v) is 9.41. The molecule has 1 aromatic carbocycles. The van der Waals surface area contributed by atoms with Crippen molar-refractivity contribution >= 4 is 22.7 Å². The maximum Gasteiger partial charge on any atom is 0.218 e. The fourth-order valence-corrected chi connectivity index (χ4v) is 4.33. The highest BCUT2D eigenvalue weighted by Gasteiger charge is 2.39. The second-order valence-corrected chi connectivity index (χ2v) is 7.18. The lowest BCUT2D eigenvalue weighted by atomic mass is 9.92. The number of methoxy groups -OCH3 is 1. The van der Waals surface area contributed by atoms with Crippen molar-refractivity contribution in [2.24, 2.45) is 5.92 Å². The third-order valence-corrected chi connectivity index (χ3v) is 5.75. The van der Waals surface area contributed by atoms with Gasteiger partial charge in [-0.15, -0.1) is 0 Å². The Bertz CT molecular complexity index is 964. The molecule has 5 rings (SSSR count).